The maximum absolute atomic E-state index is 12.8. The first-order valence-electron chi connectivity index (χ1n) is 6.35. The van der Waals surface area contributed by atoms with Gasteiger partial charge in [0.05, 0.1) is 0 Å². The van der Waals surface area contributed by atoms with Gasteiger partial charge in [0, 0.05) is 18.3 Å². The topological polar surface area (TPSA) is 41.6 Å². The van der Waals surface area contributed by atoms with E-state index in [1.165, 1.54) is 0 Å². The number of hydrogen-bond acceptors (Lipinski definition) is 3. The lowest BCUT2D eigenvalue weighted by atomic mass is 9.81. The third kappa shape index (κ3) is 1.45. The summed E-state index contributed by atoms with van der Waals surface area (Å²) in [6.45, 7) is 4.08. The zero-order valence-electron chi connectivity index (χ0n) is 11.1. The number of hydrogen-bond donors (Lipinski definition) is 1. The molecule has 19 heavy (non-hydrogen) atoms. The molecule has 1 aromatic rings. The number of nitrogens with one attached hydrogen (secondary N) is 1. The second kappa shape index (κ2) is 3.93. The van der Waals surface area contributed by atoms with Crippen molar-refractivity contribution in [3.8, 4) is 0 Å². The van der Waals surface area contributed by atoms with Gasteiger partial charge in [-0.25, -0.2) is 0 Å². The van der Waals surface area contributed by atoms with Crippen LogP contribution in [0.4, 0.5) is 5.69 Å². The van der Waals surface area contributed by atoms with Gasteiger partial charge in [-0.1, -0.05) is 32.0 Å². The van der Waals surface area contributed by atoms with Crippen LogP contribution in [-0.4, -0.2) is 24.2 Å². The maximum Gasteiger partial charge on any atom is 0.261 e. The van der Waals surface area contributed by atoms with Crippen molar-refractivity contribution in [1.82, 2.24) is 5.32 Å². The summed E-state index contributed by atoms with van der Waals surface area (Å²) in [5.74, 6) is 0.170. The van der Waals surface area contributed by atoms with Gasteiger partial charge in [-0.05, 0) is 24.2 Å². The van der Waals surface area contributed by atoms with E-state index in [1.807, 2.05) is 38.1 Å². The van der Waals surface area contributed by atoms with Gasteiger partial charge >= 0.3 is 0 Å². The molecule has 100 valence electrons. The monoisotopic (exact) mass is 276 g/mol. The molecule has 0 aliphatic carbocycles. The van der Waals surface area contributed by atoms with Gasteiger partial charge in [-0.3, -0.25) is 4.79 Å². The number of anilines is 1. The van der Waals surface area contributed by atoms with E-state index in [2.05, 4.69) is 5.32 Å². The Labute approximate surface area is 117 Å². The number of ether oxygens (including phenoxy) is 1. The molecule has 0 bridgehead atoms. The lowest BCUT2D eigenvalue weighted by Gasteiger charge is -2.29. The second-order valence-electron chi connectivity index (χ2n) is 5.38. The quantitative estimate of drug-likeness (QED) is 0.794. The molecule has 4 nitrogen and oxygen atoms in total. The Balaban J connectivity index is 2.23. The smallest absolute Gasteiger partial charge is 0.261 e. The van der Waals surface area contributed by atoms with Crippen LogP contribution >= 0.6 is 12.2 Å². The molecule has 0 aromatic heterocycles. The van der Waals surface area contributed by atoms with Crippen LogP contribution in [0.15, 0.2) is 24.3 Å². The summed E-state index contributed by atoms with van der Waals surface area (Å²) in [7, 11) is 1.79. The van der Waals surface area contributed by atoms with Gasteiger partial charge < -0.3 is 15.0 Å². The molecule has 2 aliphatic heterocycles. The minimum Gasteiger partial charge on any atom is -0.464 e. The zero-order chi connectivity index (χ0) is 13.8. The largest absolute Gasteiger partial charge is 0.464 e. The Morgan fingerprint density at radius 3 is 2.79 bits per heavy atom. The third-order valence-electron chi connectivity index (χ3n) is 3.90. The molecule has 1 fully saturated rings. The predicted molar refractivity (Wildman–Crippen MR) is 77.0 cm³/mol. The average molecular weight is 276 g/mol. The third-order valence-corrected chi connectivity index (χ3v) is 4.10. The highest BCUT2D eigenvalue weighted by molar-refractivity contribution is 7.80. The first-order chi connectivity index (χ1) is 8.98. The summed E-state index contributed by atoms with van der Waals surface area (Å²) >= 11 is 5.14. The Kier molecular flexibility index (Phi) is 2.57. The molecule has 1 saturated heterocycles. The SMILES string of the molecule is CC(C)[C@@H]1OC(=S)N[C@@]12C(=O)N(C)c1ccccc12. The summed E-state index contributed by atoms with van der Waals surface area (Å²) < 4.78 is 5.71. The highest BCUT2D eigenvalue weighted by Crippen LogP contribution is 2.46. The van der Waals surface area contributed by atoms with Gasteiger partial charge in [-0.15, -0.1) is 0 Å². The fourth-order valence-corrected chi connectivity index (χ4v) is 3.35. The van der Waals surface area contributed by atoms with Crippen LogP contribution in [0.25, 0.3) is 0 Å². The highest BCUT2D eigenvalue weighted by atomic mass is 32.1. The number of benzene rings is 1. The molecule has 3 rings (SSSR count). The molecule has 1 spiro atoms. The van der Waals surface area contributed by atoms with E-state index < -0.39 is 5.54 Å². The summed E-state index contributed by atoms with van der Waals surface area (Å²) in [5, 5.41) is 3.42. The van der Waals surface area contributed by atoms with Crippen molar-refractivity contribution >= 4 is 29.0 Å². The molecule has 1 aromatic carbocycles. The van der Waals surface area contributed by atoms with E-state index in [4.69, 9.17) is 17.0 Å². The molecular formula is C14H16N2O2S. The summed E-state index contributed by atoms with van der Waals surface area (Å²) in [5.41, 5.74) is 0.997. The maximum atomic E-state index is 12.8. The van der Waals surface area contributed by atoms with Gasteiger partial charge in [0.2, 0.25) is 0 Å². The van der Waals surface area contributed by atoms with E-state index in [0.717, 1.165) is 11.3 Å². The summed E-state index contributed by atoms with van der Waals surface area (Å²) in [6.07, 6.45) is -0.279. The van der Waals surface area contributed by atoms with E-state index in [-0.39, 0.29) is 17.9 Å². The first kappa shape index (κ1) is 12.4. The van der Waals surface area contributed by atoms with Crippen LogP contribution in [0.3, 0.4) is 0 Å². The van der Waals surface area contributed by atoms with Crippen molar-refractivity contribution in [2.45, 2.75) is 25.5 Å². The standard InChI is InChI=1S/C14H16N2O2S/c1-8(2)11-14(15-13(19)18-11)9-6-4-5-7-10(9)16(3)12(14)17/h4-8,11H,1-3H3,(H,15,19)/t11-,14+/m0/s1. The van der Waals surface area contributed by atoms with Crippen LogP contribution in [0.2, 0.25) is 0 Å². The Bertz CT molecular complexity index is 572. The van der Waals surface area contributed by atoms with Crippen molar-refractivity contribution in [2.75, 3.05) is 11.9 Å². The molecule has 5 heteroatoms. The normalized spacial score (nSPS) is 28.8. The van der Waals surface area contributed by atoms with E-state index in [1.54, 1.807) is 11.9 Å². The van der Waals surface area contributed by atoms with Crippen molar-refractivity contribution in [1.29, 1.82) is 0 Å². The lowest BCUT2D eigenvalue weighted by molar-refractivity contribution is -0.126. The number of thiocarbonyl (C=S) groups is 1. The van der Waals surface area contributed by atoms with Gasteiger partial charge in [0.1, 0.15) is 6.10 Å². The van der Waals surface area contributed by atoms with Crippen LogP contribution in [0.5, 0.6) is 0 Å². The van der Waals surface area contributed by atoms with E-state index in [0.29, 0.717) is 5.17 Å². The molecule has 2 atom stereocenters. The molecule has 1 N–H and O–H groups in total. The summed E-state index contributed by atoms with van der Waals surface area (Å²) in [4.78, 5) is 14.4. The second-order valence-corrected chi connectivity index (χ2v) is 5.76. The number of carbonyl (C=O) groups is 1. The average Bonchev–Trinajstić information content (AvgIpc) is 2.84. The summed E-state index contributed by atoms with van der Waals surface area (Å²) in [6, 6.07) is 7.78. The molecular weight excluding hydrogens is 260 g/mol. The number of para-hydroxylation sites is 1. The molecule has 2 heterocycles. The van der Waals surface area contributed by atoms with Crippen LogP contribution in [0.1, 0.15) is 19.4 Å². The molecule has 1 amide bonds. The number of rotatable bonds is 1. The number of fused-ring (bicyclic) bond motifs is 2. The Morgan fingerprint density at radius 2 is 2.11 bits per heavy atom. The minimum atomic E-state index is -0.864. The number of nitrogens with zero attached hydrogens (tertiary/aromatic N) is 1. The fourth-order valence-electron chi connectivity index (χ4n) is 3.09. The Hall–Kier alpha value is -1.62. The first-order valence-corrected chi connectivity index (χ1v) is 6.75. The van der Waals surface area contributed by atoms with Gasteiger partial charge in [-0.2, -0.15) is 0 Å². The number of carbonyl (C=O) groups excluding carboxylic acids is 1. The molecule has 0 unspecified atom stereocenters. The molecule has 0 radical (unpaired) electrons. The molecule has 2 aliphatic rings. The number of amides is 1. The van der Waals surface area contributed by atoms with Crippen LogP contribution in [0, 0.1) is 5.92 Å². The Morgan fingerprint density at radius 1 is 1.42 bits per heavy atom. The van der Waals surface area contributed by atoms with Crippen LogP contribution < -0.4 is 10.2 Å². The molecule has 0 saturated carbocycles. The minimum absolute atomic E-state index is 0.00718. The predicted octanol–water partition coefficient (Wildman–Crippen LogP) is 1.79. The van der Waals surface area contributed by atoms with Crippen molar-refractivity contribution in [3.63, 3.8) is 0 Å². The highest BCUT2D eigenvalue weighted by Gasteiger charge is 2.61. The fraction of sp³-hybridized carbons (Fsp3) is 0.429. The van der Waals surface area contributed by atoms with Gasteiger partial charge in [0.25, 0.3) is 11.1 Å². The van der Waals surface area contributed by atoms with Gasteiger partial charge in [0.15, 0.2) is 5.54 Å². The van der Waals surface area contributed by atoms with E-state index in [9.17, 15) is 4.79 Å². The number of likely N-dealkylation sites (N-methyl/N-ethyl adjacent to an activating group) is 1. The van der Waals surface area contributed by atoms with E-state index >= 15 is 0 Å². The van der Waals surface area contributed by atoms with Crippen LogP contribution in [-0.2, 0) is 15.1 Å². The van der Waals surface area contributed by atoms with Crippen molar-refractivity contribution < 1.29 is 9.53 Å². The zero-order valence-corrected chi connectivity index (χ0v) is 12.0. The lowest BCUT2D eigenvalue weighted by Crippen LogP contribution is -2.54. The van der Waals surface area contributed by atoms with Crippen molar-refractivity contribution in [2.24, 2.45) is 5.92 Å². The van der Waals surface area contributed by atoms with Crippen molar-refractivity contribution in [3.05, 3.63) is 29.8 Å².